The highest BCUT2D eigenvalue weighted by Gasteiger charge is 2.17. The number of hydrogen-bond donors (Lipinski definition) is 2. The predicted octanol–water partition coefficient (Wildman–Crippen LogP) is -0.487. The van der Waals surface area contributed by atoms with Crippen molar-refractivity contribution < 1.29 is 9.90 Å². The fourth-order valence-corrected chi connectivity index (χ4v) is 1.90. The number of likely N-dealkylation sites (N-methyl/N-ethyl adjacent to an activating group) is 1. The lowest BCUT2D eigenvalue weighted by Crippen LogP contribution is -2.49. The molecule has 100 valence electrons. The maximum Gasteiger partial charge on any atom is 0.236 e. The van der Waals surface area contributed by atoms with E-state index in [0.29, 0.717) is 6.54 Å². The molecule has 0 unspecified atom stereocenters. The normalized spacial score (nSPS) is 17.4. The first-order chi connectivity index (χ1) is 8.24. The van der Waals surface area contributed by atoms with Gasteiger partial charge in [0.2, 0.25) is 5.91 Å². The second-order valence-electron chi connectivity index (χ2n) is 4.65. The number of aliphatic hydroxyl groups excluding tert-OH is 1. The van der Waals surface area contributed by atoms with Gasteiger partial charge >= 0.3 is 0 Å². The quantitative estimate of drug-likeness (QED) is 0.593. The van der Waals surface area contributed by atoms with E-state index in [2.05, 4.69) is 17.3 Å². The van der Waals surface area contributed by atoms with Crippen LogP contribution in [0.2, 0.25) is 0 Å². The highest BCUT2D eigenvalue weighted by atomic mass is 16.2. The van der Waals surface area contributed by atoms with Crippen molar-refractivity contribution in [1.82, 2.24) is 15.1 Å². The molecular weight excluding hydrogens is 218 g/mol. The van der Waals surface area contributed by atoms with Crippen LogP contribution in [-0.4, -0.2) is 73.7 Å². The zero-order chi connectivity index (χ0) is 12.5. The summed E-state index contributed by atoms with van der Waals surface area (Å²) in [6.45, 7) is 5.22. The third-order valence-corrected chi connectivity index (χ3v) is 3.14. The lowest BCUT2D eigenvalue weighted by atomic mass is 10.2. The van der Waals surface area contributed by atoms with Gasteiger partial charge in [-0.25, -0.2) is 0 Å². The molecule has 1 heterocycles. The minimum atomic E-state index is 0.209. The van der Waals surface area contributed by atoms with E-state index in [4.69, 9.17) is 5.11 Å². The van der Waals surface area contributed by atoms with Crippen LogP contribution in [0.3, 0.4) is 0 Å². The van der Waals surface area contributed by atoms with Crippen molar-refractivity contribution in [3.63, 3.8) is 0 Å². The van der Waals surface area contributed by atoms with Crippen LogP contribution in [0.4, 0.5) is 0 Å². The molecule has 1 fully saturated rings. The molecular formula is C12H25N3O2. The Morgan fingerprint density at radius 2 is 1.88 bits per heavy atom. The number of piperazine rings is 1. The molecule has 0 saturated carbocycles. The first-order valence-electron chi connectivity index (χ1n) is 6.52. The van der Waals surface area contributed by atoms with Crippen LogP contribution in [0.1, 0.15) is 19.3 Å². The fourth-order valence-electron chi connectivity index (χ4n) is 1.90. The van der Waals surface area contributed by atoms with Crippen LogP contribution >= 0.6 is 0 Å². The molecule has 0 aliphatic carbocycles. The van der Waals surface area contributed by atoms with Gasteiger partial charge < -0.3 is 20.2 Å². The molecule has 1 aliphatic rings. The highest BCUT2D eigenvalue weighted by Crippen LogP contribution is 1.99. The molecule has 0 aromatic heterocycles. The first-order valence-corrected chi connectivity index (χ1v) is 6.52. The van der Waals surface area contributed by atoms with Gasteiger partial charge in [0.05, 0.1) is 6.54 Å². The average Bonchev–Trinajstić information content (AvgIpc) is 2.34. The zero-order valence-electron chi connectivity index (χ0n) is 10.8. The van der Waals surface area contributed by atoms with Crippen LogP contribution in [0.15, 0.2) is 0 Å². The summed E-state index contributed by atoms with van der Waals surface area (Å²) in [7, 11) is 2.08. The van der Waals surface area contributed by atoms with Crippen molar-refractivity contribution in [2.45, 2.75) is 19.3 Å². The summed E-state index contributed by atoms with van der Waals surface area (Å²) in [5.74, 6) is 0.209. The van der Waals surface area contributed by atoms with Gasteiger partial charge in [-0.1, -0.05) is 0 Å². The molecule has 1 amide bonds. The third kappa shape index (κ3) is 6.00. The van der Waals surface area contributed by atoms with Crippen LogP contribution in [0, 0.1) is 0 Å². The van der Waals surface area contributed by atoms with E-state index >= 15 is 0 Å². The van der Waals surface area contributed by atoms with Gasteiger partial charge in [-0.2, -0.15) is 0 Å². The number of rotatable bonds is 7. The second-order valence-corrected chi connectivity index (χ2v) is 4.65. The molecule has 0 aromatic carbocycles. The maximum absolute atomic E-state index is 11.8. The van der Waals surface area contributed by atoms with E-state index in [1.807, 2.05) is 4.90 Å². The fraction of sp³-hybridized carbons (Fsp3) is 0.917. The van der Waals surface area contributed by atoms with E-state index in [-0.39, 0.29) is 12.5 Å². The Labute approximate surface area is 104 Å². The van der Waals surface area contributed by atoms with E-state index in [1.165, 1.54) is 0 Å². The standard InChI is InChI=1S/C12H25N3O2/c1-14-6-8-15(9-7-14)12(17)11-13-5-3-2-4-10-16/h13,16H,2-11H2,1H3. The van der Waals surface area contributed by atoms with E-state index in [1.54, 1.807) is 0 Å². The first kappa shape index (κ1) is 14.4. The van der Waals surface area contributed by atoms with Crippen molar-refractivity contribution in [2.24, 2.45) is 0 Å². The van der Waals surface area contributed by atoms with Crippen LogP contribution < -0.4 is 5.32 Å². The molecule has 2 N–H and O–H groups in total. The molecule has 0 spiro atoms. The van der Waals surface area contributed by atoms with Crippen LogP contribution in [0.25, 0.3) is 0 Å². The van der Waals surface area contributed by atoms with Crippen molar-refractivity contribution in [2.75, 3.05) is 52.9 Å². The average molecular weight is 243 g/mol. The lowest BCUT2D eigenvalue weighted by Gasteiger charge is -2.32. The van der Waals surface area contributed by atoms with Crippen LogP contribution in [0.5, 0.6) is 0 Å². The number of unbranched alkanes of at least 4 members (excludes halogenated alkanes) is 2. The smallest absolute Gasteiger partial charge is 0.236 e. The zero-order valence-corrected chi connectivity index (χ0v) is 10.8. The minimum absolute atomic E-state index is 0.209. The van der Waals surface area contributed by atoms with Gasteiger partial charge in [-0.3, -0.25) is 4.79 Å². The number of amides is 1. The monoisotopic (exact) mass is 243 g/mol. The van der Waals surface area contributed by atoms with Crippen molar-refractivity contribution in [3.05, 3.63) is 0 Å². The topological polar surface area (TPSA) is 55.8 Å². The predicted molar refractivity (Wildman–Crippen MR) is 67.9 cm³/mol. The number of nitrogens with one attached hydrogen (secondary N) is 1. The van der Waals surface area contributed by atoms with E-state index in [9.17, 15) is 4.79 Å². The maximum atomic E-state index is 11.8. The van der Waals surface area contributed by atoms with Gasteiger partial charge in [0, 0.05) is 32.8 Å². The SMILES string of the molecule is CN1CCN(C(=O)CNCCCCCO)CC1. The number of carbonyl (C=O) groups excluding carboxylic acids is 1. The molecule has 0 radical (unpaired) electrons. The molecule has 1 saturated heterocycles. The minimum Gasteiger partial charge on any atom is -0.396 e. The summed E-state index contributed by atoms with van der Waals surface area (Å²) in [4.78, 5) is 16.0. The Kier molecular flexibility index (Phi) is 7.16. The Balaban J connectivity index is 2.01. The summed E-state index contributed by atoms with van der Waals surface area (Å²) in [5.41, 5.74) is 0. The summed E-state index contributed by atoms with van der Waals surface area (Å²) in [6, 6.07) is 0. The summed E-state index contributed by atoms with van der Waals surface area (Å²) in [5, 5.41) is 11.8. The molecule has 5 nitrogen and oxygen atoms in total. The number of carbonyl (C=O) groups is 1. The largest absolute Gasteiger partial charge is 0.396 e. The highest BCUT2D eigenvalue weighted by molar-refractivity contribution is 5.78. The summed E-state index contributed by atoms with van der Waals surface area (Å²) < 4.78 is 0. The van der Waals surface area contributed by atoms with Gasteiger partial charge in [-0.15, -0.1) is 0 Å². The van der Waals surface area contributed by atoms with E-state index < -0.39 is 0 Å². The van der Waals surface area contributed by atoms with Crippen LogP contribution in [-0.2, 0) is 4.79 Å². The van der Waals surface area contributed by atoms with Gasteiger partial charge in [0.1, 0.15) is 0 Å². The Hall–Kier alpha value is -0.650. The number of nitrogens with zero attached hydrogens (tertiary/aromatic N) is 2. The molecule has 1 rings (SSSR count). The van der Waals surface area contributed by atoms with Crippen molar-refractivity contribution >= 4 is 5.91 Å². The summed E-state index contributed by atoms with van der Waals surface area (Å²) in [6.07, 6.45) is 2.90. The van der Waals surface area contributed by atoms with Crippen molar-refractivity contribution in [3.8, 4) is 0 Å². The van der Waals surface area contributed by atoms with Gasteiger partial charge in [-0.05, 0) is 32.9 Å². The van der Waals surface area contributed by atoms with Crippen molar-refractivity contribution in [1.29, 1.82) is 0 Å². The molecule has 0 atom stereocenters. The molecule has 0 bridgehead atoms. The lowest BCUT2D eigenvalue weighted by molar-refractivity contribution is -0.131. The van der Waals surface area contributed by atoms with E-state index in [0.717, 1.165) is 52.0 Å². The molecule has 17 heavy (non-hydrogen) atoms. The molecule has 5 heteroatoms. The van der Waals surface area contributed by atoms with Gasteiger partial charge in [0.25, 0.3) is 0 Å². The molecule has 0 aromatic rings. The number of aliphatic hydroxyl groups is 1. The third-order valence-electron chi connectivity index (χ3n) is 3.14. The Bertz CT molecular complexity index is 216. The summed E-state index contributed by atoms with van der Waals surface area (Å²) >= 11 is 0. The Morgan fingerprint density at radius 3 is 2.53 bits per heavy atom. The van der Waals surface area contributed by atoms with Gasteiger partial charge in [0.15, 0.2) is 0 Å². The number of hydrogen-bond acceptors (Lipinski definition) is 4. The Morgan fingerprint density at radius 1 is 1.18 bits per heavy atom. The second kappa shape index (κ2) is 8.44. The molecule has 1 aliphatic heterocycles.